The largest absolute Gasteiger partial charge is 0.383 e. The molecular formula is C13H27NO2. The molecule has 3 atom stereocenters. The van der Waals surface area contributed by atoms with Gasteiger partial charge in [-0.25, -0.2) is 0 Å². The fourth-order valence-corrected chi connectivity index (χ4v) is 2.53. The molecule has 16 heavy (non-hydrogen) atoms. The Balaban J connectivity index is 2.53. The van der Waals surface area contributed by atoms with Gasteiger partial charge in [0.25, 0.3) is 0 Å². The molecule has 0 heterocycles. The molecule has 1 fully saturated rings. The fourth-order valence-electron chi connectivity index (χ4n) is 2.53. The second-order valence-electron chi connectivity index (χ2n) is 5.64. The van der Waals surface area contributed by atoms with Gasteiger partial charge in [0.15, 0.2) is 0 Å². The van der Waals surface area contributed by atoms with Crippen LogP contribution >= 0.6 is 0 Å². The summed E-state index contributed by atoms with van der Waals surface area (Å²) in [4.78, 5) is 0. The van der Waals surface area contributed by atoms with Crippen molar-refractivity contribution in [1.82, 2.24) is 5.32 Å². The van der Waals surface area contributed by atoms with Gasteiger partial charge in [0, 0.05) is 31.7 Å². The molecule has 0 radical (unpaired) electrons. The molecular weight excluding hydrogens is 202 g/mol. The lowest BCUT2D eigenvalue weighted by Gasteiger charge is -2.60. The summed E-state index contributed by atoms with van der Waals surface area (Å²) >= 11 is 0. The van der Waals surface area contributed by atoms with Crippen molar-refractivity contribution in [2.45, 2.75) is 58.2 Å². The van der Waals surface area contributed by atoms with E-state index in [9.17, 15) is 0 Å². The standard InChI is InChI=1S/C13H27NO2/c1-7-10(9-15-5)14-11-8-13(4,16-6)12(11,2)3/h10-11,14H,7-9H2,1-6H3. The molecule has 0 bridgehead atoms. The minimum atomic E-state index is 0.00995. The van der Waals surface area contributed by atoms with Crippen molar-refractivity contribution in [3.05, 3.63) is 0 Å². The van der Waals surface area contributed by atoms with E-state index in [1.54, 1.807) is 7.11 Å². The zero-order chi connectivity index (χ0) is 12.4. The second kappa shape index (κ2) is 5.03. The number of ether oxygens (including phenoxy) is 2. The van der Waals surface area contributed by atoms with Crippen LogP contribution in [0.15, 0.2) is 0 Å². The van der Waals surface area contributed by atoms with Gasteiger partial charge in [-0.15, -0.1) is 0 Å². The maximum atomic E-state index is 5.62. The molecule has 0 aliphatic heterocycles. The van der Waals surface area contributed by atoms with Crippen LogP contribution in [0.1, 0.15) is 40.5 Å². The zero-order valence-corrected chi connectivity index (χ0v) is 11.6. The van der Waals surface area contributed by atoms with Crippen LogP contribution in [0.3, 0.4) is 0 Å². The lowest BCUT2D eigenvalue weighted by Crippen LogP contribution is -2.69. The van der Waals surface area contributed by atoms with Crippen molar-refractivity contribution in [2.75, 3.05) is 20.8 Å². The Morgan fingerprint density at radius 1 is 1.31 bits per heavy atom. The number of rotatable bonds is 6. The van der Waals surface area contributed by atoms with E-state index < -0.39 is 0 Å². The van der Waals surface area contributed by atoms with Crippen molar-refractivity contribution in [2.24, 2.45) is 5.41 Å². The van der Waals surface area contributed by atoms with Gasteiger partial charge in [-0.1, -0.05) is 20.8 Å². The molecule has 0 aromatic rings. The van der Waals surface area contributed by atoms with Crippen LogP contribution in [0.25, 0.3) is 0 Å². The van der Waals surface area contributed by atoms with Gasteiger partial charge in [0.1, 0.15) is 0 Å². The first kappa shape index (κ1) is 13.9. The van der Waals surface area contributed by atoms with E-state index >= 15 is 0 Å². The summed E-state index contributed by atoms with van der Waals surface area (Å²) in [6.07, 6.45) is 2.18. The molecule has 0 spiro atoms. The highest BCUT2D eigenvalue weighted by Crippen LogP contribution is 2.51. The van der Waals surface area contributed by atoms with Gasteiger partial charge in [0.2, 0.25) is 0 Å². The average molecular weight is 229 g/mol. The van der Waals surface area contributed by atoms with E-state index in [2.05, 4.69) is 33.0 Å². The van der Waals surface area contributed by atoms with Crippen LogP contribution < -0.4 is 5.32 Å². The van der Waals surface area contributed by atoms with Gasteiger partial charge in [0.05, 0.1) is 12.2 Å². The second-order valence-corrected chi connectivity index (χ2v) is 5.64. The number of methoxy groups -OCH3 is 2. The first-order chi connectivity index (χ1) is 7.41. The van der Waals surface area contributed by atoms with Crippen molar-refractivity contribution in [3.63, 3.8) is 0 Å². The predicted molar refractivity (Wildman–Crippen MR) is 66.7 cm³/mol. The van der Waals surface area contributed by atoms with E-state index in [1.807, 2.05) is 7.11 Å². The number of nitrogens with one attached hydrogen (secondary N) is 1. The Labute approximate surface area is 99.9 Å². The van der Waals surface area contributed by atoms with E-state index in [-0.39, 0.29) is 11.0 Å². The summed E-state index contributed by atoms with van der Waals surface area (Å²) in [5.41, 5.74) is 0.193. The Bertz CT molecular complexity index is 230. The third-order valence-corrected chi connectivity index (χ3v) is 4.58. The monoisotopic (exact) mass is 229 g/mol. The lowest BCUT2D eigenvalue weighted by atomic mass is 9.55. The Kier molecular flexibility index (Phi) is 4.38. The van der Waals surface area contributed by atoms with Gasteiger partial charge < -0.3 is 14.8 Å². The van der Waals surface area contributed by atoms with E-state index in [4.69, 9.17) is 9.47 Å². The summed E-state index contributed by atoms with van der Waals surface area (Å²) in [6, 6.07) is 0.980. The molecule has 3 heteroatoms. The van der Waals surface area contributed by atoms with Gasteiger partial charge >= 0.3 is 0 Å². The fraction of sp³-hybridized carbons (Fsp3) is 1.00. The zero-order valence-electron chi connectivity index (χ0n) is 11.6. The number of hydrogen-bond donors (Lipinski definition) is 1. The molecule has 0 aromatic heterocycles. The van der Waals surface area contributed by atoms with Crippen LogP contribution in [0.5, 0.6) is 0 Å². The molecule has 1 aliphatic rings. The quantitative estimate of drug-likeness (QED) is 0.757. The summed E-state index contributed by atoms with van der Waals surface area (Å²) in [6.45, 7) is 9.72. The molecule has 0 aromatic carbocycles. The number of hydrogen-bond acceptors (Lipinski definition) is 3. The van der Waals surface area contributed by atoms with Crippen LogP contribution in [0.2, 0.25) is 0 Å². The van der Waals surface area contributed by atoms with E-state index in [0.717, 1.165) is 19.4 Å². The van der Waals surface area contributed by atoms with E-state index in [1.165, 1.54) is 0 Å². The third kappa shape index (κ3) is 2.27. The highest BCUT2D eigenvalue weighted by Gasteiger charge is 2.57. The topological polar surface area (TPSA) is 30.5 Å². The first-order valence-corrected chi connectivity index (χ1v) is 6.21. The molecule has 1 rings (SSSR count). The van der Waals surface area contributed by atoms with Crippen molar-refractivity contribution in [3.8, 4) is 0 Å². The highest BCUT2D eigenvalue weighted by atomic mass is 16.5. The Hall–Kier alpha value is -0.120. The minimum absolute atomic E-state index is 0.00995. The smallest absolute Gasteiger partial charge is 0.0731 e. The third-order valence-electron chi connectivity index (χ3n) is 4.58. The summed E-state index contributed by atoms with van der Waals surface area (Å²) in [7, 11) is 3.57. The lowest BCUT2D eigenvalue weighted by molar-refractivity contribution is -0.183. The molecule has 1 saturated carbocycles. The molecule has 96 valence electrons. The maximum Gasteiger partial charge on any atom is 0.0731 e. The van der Waals surface area contributed by atoms with Crippen LogP contribution in [-0.2, 0) is 9.47 Å². The van der Waals surface area contributed by atoms with Gasteiger partial charge in [-0.2, -0.15) is 0 Å². The highest BCUT2D eigenvalue weighted by molar-refractivity contribution is 5.11. The molecule has 0 saturated heterocycles. The summed E-state index contributed by atoms with van der Waals surface area (Å²) in [5, 5.41) is 3.68. The predicted octanol–water partition coefficient (Wildman–Crippen LogP) is 2.20. The van der Waals surface area contributed by atoms with Gasteiger partial charge in [-0.05, 0) is 19.8 Å². The molecule has 1 aliphatic carbocycles. The van der Waals surface area contributed by atoms with Crippen molar-refractivity contribution >= 4 is 0 Å². The Morgan fingerprint density at radius 2 is 1.94 bits per heavy atom. The van der Waals surface area contributed by atoms with Crippen molar-refractivity contribution in [1.29, 1.82) is 0 Å². The Morgan fingerprint density at radius 3 is 2.31 bits per heavy atom. The molecule has 1 N–H and O–H groups in total. The molecule has 3 nitrogen and oxygen atoms in total. The first-order valence-electron chi connectivity index (χ1n) is 6.21. The van der Waals surface area contributed by atoms with Crippen LogP contribution in [0.4, 0.5) is 0 Å². The van der Waals surface area contributed by atoms with E-state index in [0.29, 0.717) is 12.1 Å². The molecule has 3 unspecified atom stereocenters. The van der Waals surface area contributed by atoms with Crippen LogP contribution in [-0.4, -0.2) is 38.5 Å². The summed E-state index contributed by atoms with van der Waals surface area (Å²) < 4.78 is 10.8. The van der Waals surface area contributed by atoms with Crippen LogP contribution in [0, 0.1) is 5.41 Å². The SMILES string of the molecule is CCC(COC)NC1CC(C)(OC)C1(C)C. The molecule has 0 amide bonds. The normalized spacial score (nSPS) is 34.5. The van der Waals surface area contributed by atoms with Gasteiger partial charge in [-0.3, -0.25) is 0 Å². The average Bonchev–Trinajstić information content (AvgIpc) is 2.26. The minimum Gasteiger partial charge on any atom is -0.383 e. The summed E-state index contributed by atoms with van der Waals surface area (Å²) in [5.74, 6) is 0. The maximum absolute atomic E-state index is 5.62. The van der Waals surface area contributed by atoms with Crippen molar-refractivity contribution < 1.29 is 9.47 Å².